The molecule has 0 unspecified atom stereocenters. The van der Waals surface area contributed by atoms with Crippen molar-refractivity contribution in [1.29, 1.82) is 0 Å². The Morgan fingerprint density at radius 1 is 1.04 bits per heavy atom. The van der Waals surface area contributed by atoms with Gasteiger partial charge in [-0.1, -0.05) is 17.3 Å². The molecule has 2 rings (SSSR count). The molecule has 2 aromatic rings. The Labute approximate surface area is 136 Å². The van der Waals surface area contributed by atoms with Crippen LogP contribution in [-0.2, 0) is 27.4 Å². The zero-order chi connectivity index (χ0) is 16.3. The summed E-state index contributed by atoms with van der Waals surface area (Å²) in [5.74, 6) is 0. The Kier molecular flexibility index (Phi) is 7.68. The van der Waals surface area contributed by atoms with Gasteiger partial charge in [-0.15, -0.1) is 5.10 Å². The third-order valence-electron chi connectivity index (χ3n) is 3.18. The van der Waals surface area contributed by atoms with Crippen LogP contribution in [0.3, 0.4) is 0 Å². The Morgan fingerprint density at radius 3 is 2.52 bits per heavy atom. The van der Waals surface area contributed by atoms with E-state index in [1.54, 1.807) is 11.8 Å². The molecule has 0 saturated carbocycles. The number of rotatable bonds is 11. The molecule has 0 radical (unpaired) electrons. The lowest BCUT2D eigenvalue weighted by molar-refractivity contribution is 0.0192. The van der Waals surface area contributed by atoms with E-state index in [9.17, 15) is 0 Å². The fourth-order valence-electron chi connectivity index (χ4n) is 2.00. The third-order valence-corrected chi connectivity index (χ3v) is 3.18. The summed E-state index contributed by atoms with van der Waals surface area (Å²) in [6.45, 7) is 3.52. The molecule has 1 heterocycles. The number of benzene rings is 1. The molecule has 1 N–H and O–H groups in total. The van der Waals surface area contributed by atoms with Crippen molar-refractivity contribution >= 4 is 0 Å². The van der Waals surface area contributed by atoms with Crippen LogP contribution in [0.15, 0.2) is 30.5 Å². The standard InChI is InChI=1S/C16H24N4O3/c1-17-11-14-3-5-16(6-4-14)20-12-15(18-19-20)13-23-10-9-22-8-7-21-2/h3-6,12,17H,7-11,13H2,1-2H3. The van der Waals surface area contributed by atoms with Crippen LogP contribution in [0.4, 0.5) is 0 Å². The van der Waals surface area contributed by atoms with Gasteiger partial charge in [-0.05, 0) is 24.7 Å². The second-order valence-electron chi connectivity index (χ2n) is 5.01. The first-order valence-electron chi connectivity index (χ1n) is 7.63. The first kappa shape index (κ1) is 17.6. The summed E-state index contributed by atoms with van der Waals surface area (Å²) in [5, 5.41) is 11.4. The van der Waals surface area contributed by atoms with Gasteiger partial charge in [-0.2, -0.15) is 0 Å². The molecule has 1 aromatic carbocycles. The van der Waals surface area contributed by atoms with Gasteiger partial charge in [-0.25, -0.2) is 4.68 Å². The molecule has 0 atom stereocenters. The van der Waals surface area contributed by atoms with Crippen LogP contribution in [0, 0.1) is 0 Å². The summed E-state index contributed by atoms with van der Waals surface area (Å²) in [5.41, 5.74) is 3.00. The highest BCUT2D eigenvalue weighted by Crippen LogP contribution is 2.09. The van der Waals surface area contributed by atoms with Crippen molar-refractivity contribution in [2.45, 2.75) is 13.2 Å². The van der Waals surface area contributed by atoms with E-state index in [1.807, 2.05) is 25.4 Å². The molecule has 0 aliphatic heterocycles. The Hall–Kier alpha value is -1.80. The zero-order valence-electron chi connectivity index (χ0n) is 13.7. The van der Waals surface area contributed by atoms with Crippen molar-refractivity contribution in [2.75, 3.05) is 40.6 Å². The van der Waals surface area contributed by atoms with Gasteiger partial charge >= 0.3 is 0 Å². The van der Waals surface area contributed by atoms with E-state index in [-0.39, 0.29) is 0 Å². The lowest BCUT2D eigenvalue weighted by atomic mass is 10.2. The number of nitrogens with zero attached hydrogens (tertiary/aromatic N) is 3. The molecule has 7 heteroatoms. The van der Waals surface area contributed by atoms with Crippen LogP contribution in [0.2, 0.25) is 0 Å². The fraction of sp³-hybridized carbons (Fsp3) is 0.500. The van der Waals surface area contributed by atoms with E-state index in [1.165, 1.54) is 5.56 Å². The van der Waals surface area contributed by atoms with E-state index < -0.39 is 0 Å². The molecule has 0 amide bonds. The zero-order valence-corrected chi connectivity index (χ0v) is 13.7. The molecule has 1 aromatic heterocycles. The minimum Gasteiger partial charge on any atom is -0.382 e. The Bertz CT molecular complexity index is 557. The van der Waals surface area contributed by atoms with Crippen molar-refractivity contribution in [1.82, 2.24) is 20.3 Å². The predicted molar refractivity (Wildman–Crippen MR) is 86.5 cm³/mol. The van der Waals surface area contributed by atoms with Crippen molar-refractivity contribution in [3.8, 4) is 5.69 Å². The van der Waals surface area contributed by atoms with Gasteiger partial charge in [0.2, 0.25) is 0 Å². The maximum absolute atomic E-state index is 5.51. The summed E-state index contributed by atoms with van der Waals surface area (Å²) in [6, 6.07) is 8.19. The van der Waals surface area contributed by atoms with Gasteiger partial charge in [0, 0.05) is 13.7 Å². The van der Waals surface area contributed by atoms with E-state index in [2.05, 4.69) is 27.8 Å². The average Bonchev–Trinajstić information content (AvgIpc) is 3.04. The summed E-state index contributed by atoms with van der Waals surface area (Å²) >= 11 is 0. The van der Waals surface area contributed by atoms with Crippen molar-refractivity contribution in [2.24, 2.45) is 0 Å². The van der Waals surface area contributed by atoms with Gasteiger partial charge in [0.05, 0.1) is 44.9 Å². The van der Waals surface area contributed by atoms with Gasteiger partial charge in [0.1, 0.15) is 5.69 Å². The van der Waals surface area contributed by atoms with Crippen LogP contribution in [0.5, 0.6) is 0 Å². The SMILES string of the molecule is CNCc1ccc(-n2cc(COCCOCCOC)nn2)cc1. The van der Waals surface area contributed by atoms with Gasteiger partial charge in [0.25, 0.3) is 0 Å². The van der Waals surface area contributed by atoms with Crippen LogP contribution in [0.1, 0.15) is 11.3 Å². The monoisotopic (exact) mass is 320 g/mol. The topological polar surface area (TPSA) is 70.4 Å². The second kappa shape index (κ2) is 10.1. The summed E-state index contributed by atoms with van der Waals surface area (Å²) in [6.07, 6.45) is 1.87. The predicted octanol–water partition coefficient (Wildman–Crippen LogP) is 1.17. The molecule has 0 aliphatic carbocycles. The highest BCUT2D eigenvalue weighted by molar-refractivity contribution is 5.33. The smallest absolute Gasteiger partial charge is 0.109 e. The highest BCUT2D eigenvalue weighted by Gasteiger charge is 2.03. The van der Waals surface area contributed by atoms with Gasteiger partial charge in [0.15, 0.2) is 0 Å². The lowest BCUT2D eigenvalue weighted by Gasteiger charge is -2.04. The van der Waals surface area contributed by atoms with E-state index >= 15 is 0 Å². The Balaban J connectivity index is 1.74. The largest absolute Gasteiger partial charge is 0.382 e. The highest BCUT2D eigenvalue weighted by atomic mass is 16.5. The Morgan fingerprint density at radius 2 is 1.78 bits per heavy atom. The summed E-state index contributed by atoms with van der Waals surface area (Å²) in [7, 11) is 3.58. The van der Waals surface area contributed by atoms with Crippen LogP contribution in [-0.4, -0.2) is 55.6 Å². The van der Waals surface area contributed by atoms with Crippen molar-refractivity contribution in [3.63, 3.8) is 0 Å². The normalized spacial score (nSPS) is 11.0. The van der Waals surface area contributed by atoms with Crippen LogP contribution < -0.4 is 5.32 Å². The number of aromatic nitrogens is 3. The summed E-state index contributed by atoms with van der Waals surface area (Å²) in [4.78, 5) is 0. The first-order chi connectivity index (χ1) is 11.3. The minimum atomic E-state index is 0.422. The number of hydrogen-bond acceptors (Lipinski definition) is 6. The number of methoxy groups -OCH3 is 1. The molecule has 23 heavy (non-hydrogen) atoms. The van der Waals surface area contributed by atoms with E-state index in [0.29, 0.717) is 33.0 Å². The number of hydrogen-bond donors (Lipinski definition) is 1. The minimum absolute atomic E-state index is 0.422. The molecule has 0 saturated heterocycles. The molecule has 7 nitrogen and oxygen atoms in total. The van der Waals surface area contributed by atoms with Gasteiger partial charge in [-0.3, -0.25) is 0 Å². The number of nitrogens with one attached hydrogen (secondary N) is 1. The first-order valence-corrected chi connectivity index (χ1v) is 7.63. The maximum Gasteiger partial charge on any atom is 0.109 e. The maximum atomic E-state index is 5.51. The number of ether oxygens (including phenoxy) is 3. The molecule has 126 valence electrons. The molecule has 0 bridgehead atoms. The van der Waals surface area contributed by atoms with Crippen molar-refractivity contribution < 1.29 is 14.2 Å². The molecular formula is C16H24N4O3. The quantitative estimate of drug-likeness (QED) is 0.627. The van der Waals surface area contributed by atoms with E-state index in [4.69, 9.17) is 14.2 Å². The fourth-order valence-corrected chi connectivity index (χ4v) is 2.00. The average molecular weight is 320 g/mol. The van der Waals surface area contributed by atoms with E-state index in [0.717, 1.165) is 17.9 Å². The molecule has 0 spiro atoms. The summed E-state index contributed by atoms with van der Waals surface area (Å²) < 4.78 is 17.5. The van der Waals surface area contributed by atoms with Crippen LogP contribution >= 0.6 is 0 Å². The molecular weight excluding hydrogens is 296 g/mol. The molecule has 0 fully saturated rings. The van der Waals surface area contributed by atoms with Gasteiger partial charge < -0.3 is 19.5 Å². The molecule has 0 aliphatic rings. The lowest BCUT2D eigenvalue weighted by Crippen LogP contribution is -2.08. The third kappa shape index (κ3) is 6.07. The van der Waals surface area contributed by atoms with Crippen molar-refractivity contribution in [3.05, 3.63) is 41.7 Å². The van der Waals surface area contributed by atoms with Crippen LogP contribution in [0.25, 0.3) is 5.69 Å². The second-order valence-corrected chi connectivity index (χ2v) is 5.01.